The number of H-pyrrole nitrogens is 2. The number of nitrogens with zero attached hydrogens (tertiary/aromatic N) is 2. The van der Waals surface area contributed by atoms with Crippen LogP contribution in [0.1, 0.15) is 0 Å². The van der Waals surface area contributed by atoms with Gasteiger partial charge in [0.25, 0.3) is 0 Å². The van der Waals surface area contributed by atoms with Crippen LogP contribution in [0, 0.1) is 0 Å². The number of urea groups is 1. The second kappa shape index (κ2) is 6.40. The van der Waals surface area contributed by atoms with E-state index in [4.69, 9.17) is 4.74 Å². The van der Waals surface area contributed by atoms with Gasteiger partial charge < -0.3 is 19.9 Å². The van der Waals surface area contributed by atoms with Gasteiger partial charge in [0.15, 0.2) is 5.65 Å². The molecule has 1 aliphatic heterocycles. The van der Waals surface area contributed by atoms with Crippen molar-refractivity contribution in [3.05, 3.63) is 47.0 Å². The molecule has 4 rings (SSSR count). The van der Waals surface area contributed by atoms with Gasteiger partial charge in [0.05, 0.1) is 18.7 Å². The highest BCUT2D eigenvalue weighted by molar-refractivity contribution is 5.92. The Bertz CT molecular complexity index is 954. The van der Waals surface area contributed by atoms with Gasteiger partial charge in [-0.05, 0) is 23.8 Å². The van der Waals surface area contributed by atoms with Gasteiger partial charge in [-0.2, -0.15) is 0 Å². The molecular weight excluding hydrogens is 322 g/mol. The molecule has 0 saturated carbocycles. The van der Waals surface area contributed by atoms with Crippen LogP contribution in [-0.4, -0.2) is 52.2 Å². The third-order valence-corrected chi connectivity index (χ3v) is 4.17. The highest BCUT2D eigenvalue weighted by Crippen LogP contribution is 2.26. The maximum absolute atomic E-state index is 12.2. The number of nitrogens with one attached hydrogen (secondary N) is 3. The van der Waals surface area contributed by atoms with Crippen molar-refractivity contribution in [1.82, 2.24) is 19.9 Å². The van der Waals surface area contributed by atoms with E-state index in [1.165, 1.54) is 0 Å². The maximum atomic E-state index is 12.2. The first-order valence-corrected chi connectivity index (χ1v) is 8.02. The molecule has 3 aromatic rings. The smallest absolute Gasteiger partial charge is 0.325 e. The van der Waals surface area contributed by atoms with Gasteiger partial charge in [-0.1, -0.05) is 12.1 Å². The second-order valence-corrected chi connectivity index (χ2v) is 5.77. The number of pyridine rings is 1. The number of hydrogen-bond donors (Lipinski definition) is 3. The third kappa shape index (κ3) is 3.11. The predicted molar refractivity (Wildman–Crippen MR) is 93.6 cm³/mol. The molecule has 2 amide bonds. The monoisotopic (exact) mass is 339 g/mol. The van der Waals surface area contributed by atoms with Crippen LogP contribution >= 0.6 is 0 Å². The summed E-state index contributed by atoms with van der Waals surface area (Å²) in [5, 5.41) is 2.89. The summed E-state index contributed by atoms with van der Waals surface area (Å²) >= 11 is 0. The average Bonchev–Trinajstić information content (AvgIpc) is 3.03. The molecule has 0 unspecified atom stereocenters. The van der Waals surface area contributed by atoms with E-state index in [2.05, 4.69) is 20.3 Å². The molecule has 25 heavy (non-hydrogen) atoms. The van der Waals surface area contributed by atoms with Crippen molar-refractivity contribution in [1.29, 1.82) is 0 Å². The third-order valence-electron chi connectivity index (χ3n) is 4.17. The molecule has 0 bridgehead atoms. The number of rotatable bonds is 2. The number of aromatic amines is 2. The molecule has 3 heterocycles. The molecule has 8 nitrogen and oxygen atoms in total. The molecule has 1 fully saturated rings. The van der Waals surface area contributed by atoms with Crippen molar-refractivity contribution in [2.24, 2.45) is 0 Å². The quantitative estimate of drug-likeness (QED) is 0.662. The van der Waals surface area contributed by atoms with Gasteiger partial charge in [-0.15, -0.1) is 0 Å². The number of hydrogen-bond acceptors (Lipinski definition) is 4. The summed E-state index contributed by atoms with van der Waals surface area (Å²) in [6, 6.07) is 9.18. The number of amides is 2. The van der Waals surface area contributed by atoms with Crippen LogP contribution in [0.2, 0.25) is 0 Å². The van der Waals surface area contributed by atoms with Gasteiger partial charge >= 0.3 is 11.7 Å². The fraction of sp³-hybridized carbons (Fsp3) is 0.235. The lowest BCUT2D eigenvalue weighted by Gasteiger charge is -2.26. The van der Waals surface area contributed by atoms with E-state index in [1.807, 2.05) is 30.3 Å². The zero-order chi connectivity index (χ0) is 17.2. The van der Waals surface area contributed by atoms with E-state index in [9.17, 15) is 9.59 Å². The summed E-state index contributed by atoms with van der Waals surface area (Å²) in [6.07, 6.45) is 1.65. The first-order valence-electron chi connectivity index (χ1n) is 8.02. The largest absolute Gasteiger partial charge is 0.378 e. The number of carbonyl (C=O) groups is 1. The minimum atomic E-state index is -0.288. The fourth-order valence-corrected chi connectivity index (χ4v) is 2.88. The van der Waals surface area contributed by atoms with Crippen molar-refractivity contribution in [2.75, 3.05) is 31.6 Å². The van der Waals surface area contributed by atoms with Gasteiger partial charge in [-0.3, -0.25) is 4.98 Å². The first kappa shape index (κ1) is 15.4. The number of carbonyl (C=O) groups excluding carboxylic acids is 1. The van der Waals surface area contributed by atoms with Crippen molar-refractivity contribution < 1.29 is 9.53 Å². The van der Waals surface area contributed by atoms with Crippen molar-refractivity contribution in [2.45, 2.75) is 0 Å². The van der Waals surface area contributed by atoms with Gasteiger partial charge in [0.2, 0.25) is 0 Å². The summed E-state index contributed by atoms with van der Waals surface area (Å²) < 4.78 is 5.25. The average molecular weight is 339 g/mol. The maximum Gasteiger partial charge on any atom is 0.325 e. The van der Waals surface area contributed by atoms with Crippen LogP contribution in [0.5, 0.6) is 0 Å². The molecule has 0 spiro atoms. The number of imidazole rings is 1. The molecule has 0 atom stereocenters. The lowest BCUT2D eigenvalue weighted by molar-refractivity contribution is 0.0564. The van der Waals surface area contributed by atoms with E-state index >= 15 is 0 Å². The Labute approximate surface area is 142 Å². The molecule has 8 heteroatoms. The predicted octanol–water partition coefficient (Wildman–Crippen LogP) is 1.78. The summed E-state index contributed by atoms with van der Waals surface area (Å²) in [6.45, 7) is 2.33. The zero-order valence-corrected chi connectivity index (χ0v) is 13.4. The molecule has 3 N–H and O–H groups in total. The van der Waals surface area contributed by atoms with Crippen LogP contribution < -0.4 is 11.0 Å². The van der Waals surface area contributed by atoms with E-state index in [0.29, 0.717) is 43.2 Å². The Kier molecular flexibility index (Phi) is 3.95. The lowest BCUT2D eigenvalue weighted by Crippen LogP contribution is -2.43. The van der Waals surface area contributed by atoms with Crippen molar-refractivity contribution in [3.8, 4) is 11.1 Å². The Morgan fingerprint density at radius 2 is 1.88 bits per heavy atom. The molecule has 1 saturated heterocycles. The van der Waals surface area contributed by atoms with Gasteiger partial charge in [-0.25, -0.2) is 14.6 Å². The minimum absolute atomic E-state index is 0.127. The Morgan fingerprint density at radius 1 is 1.12 bits per heavy atom. The number of fused-ring (bicyclic) bond motifs is 1. The van der Waals surface area contributed by atoms with Crippen molar-refractivity contribution >= 4 is 22.9 Å². The molecule has 0 radical (unpaired) electrons. The zero-order valence-electron chi connectivity index (χ0n) is 13.4. The van der Waals surface area contributed by atoms with E-state index in [-0.39, 0.29) is 11.7 Å². The first-order chi connectivity index (χ1) is 12.2. The fourth-order valence-electron chi connectivity index (χ4n) is 2.88. The summed E-state index contributed by atoms with van der Waals surface area (Å²) in [4.78, 5) is 35.0. The molecular formula is C17H17N5O3. The molecule has 2 aromatic heterocycles. The molecule has 128 valence electrons. The van der Waals surface area contributed by atoms with Gasteiger partial charge in [0, 0.05) is 30.5 Å². The highest BCUT2D eigenvalue weighted by Gasteiger charge is 2.16. The number of morpholine rings is 1. The van der Waals surface area contributed by atoms with E-state index in [0.717, 1.165) is 11.1 Å². The number of aromatic nitrogens is 3. The van der Waals surface area contributed by atoms with Crippen LogP contribution in [0.15, 0.2) is 41.3 Å². The summed E-state index contributed by atoms with van der Waals surface area (Å²) in [5.41, 5.74) is 3.41. The standard InChI is InChI=1S/C17H17N5O3/c23-16-20-14-13(5-6-18-15(14)21-16)11-1-3-12(4-2-11)19-17(24)22-7-9-25-10-8-22/h1-6H,7-10H2,(H,19,24)(H2,18,20,21,23). The molecule has 1 aliphatic rings. The van der Waals surface area contributed by atoms with Gasteiger partial charge in [0.1, 0.15) is 0 Å². The molecule has 0 aliphatic carbocycles. The number of anilines is 1. The number of benzene rings is 1. The Hall–Kier alpha value is -3.13. The normalized spacial score (nSPS) is 14.6. The SMILES string of the molecule is O=C(Nc1ccc(-c2ccnc3[nH]c(=O)[nH]c23)cc1)N1CCOCC1. The van der Waals surface area contributed by atoms with Crippen LogP contribution in [0.3, 0.4) is 0 Å². The van der Waals surface area contributed by atoms with Crippen molar-refractivity contribution in [3.63, 3.8) is 0 Å². The van der Waals surface area contributed by atoms with Crippen LogP contribution in [-0.2, 0) is 4.74 Å². The highest BCUT2D eigenvalue weighted by atomic mass is 16.5. The van der Waals surface area contributed by atoms with E-state index in [1.54, 1.807) is 11.1 Å². The minimum Gasteiger partial charge on any atom is -0.378 e. The molecule has 1 aromatic carbocycles. The summed E-state index contributed by atoms with van der Waals surface area (Å²) in [5.74, 6) is 0. The van der Waals surface area contributed by atoms with E-state index < -0.39 is 0 Å². The number of ether oxygens (including phenoxy) is 1. The lowest BCUT2D eigenvalue weighted by atomic mass is 10.1. The second-order valence-electron chi connectivity index (χ2n) is 5.77. The topological polar surface area (TPSA) is 103 Å². The Morgan fingerprint density at radius 3 is 2.64 bits per heavy atom. The van der Waals surface area contributed by atoms with Crippen LogP contribution in [0.4, 0.5) is 10.5 Å². The van der Waals surface area contributed by atoms with Crippen LogP contribution in [0.25, 0.3) is 22.3 Å². The Balaban J connectivity index is 1.55. The summed E-state index contributed by atoms with van der Waals surface area (Å²) in [7, 11) is 0.